The van der Waals surface area contributed by atoms with E-state index in [1.807, 2.05) is 22.9 Å². The van der Waals surface area contributed by atoms with Crippen molar-refractivity contribution in [3.05, 3.63) is 34.2 Å². The summed E-state index contributed by atoms with van der Waals surface area (Å²) in [5, 5.41) is 3.36. The van der Waals surface area contributed by atoms with E-state index in [1.165, 1.54) is 19.3 Å². The van der Waals surface area contributed by atoms with Gasteiger partial charge in [0.2, 0.25) is 0 Å². The van der Waals surface area contributed by atoms with Gasteiger partial charge in [-0.15, -0.1) is 0 Å². The molecule has 0 saturated heterocycles. The molecule has 1 N–H and O–H groups in total. The predicted octanol–water partition coefficient (Wildman–Crippen LogP) is 3.10. The van der Waals surface area contributed by atoms with Gasteiger partial charge < -0.3 is 9.88 Å². The first-order valence-electron chi connectivity index (χ1n) is 7.59. The van der Waals surface area contributed by atoms with Crippen LogP contribution in [-0.4, -0.2) is 11.1 Å². The summed E-state index contributed by atoms with van der Waals surface area (Å²) < 4.78 is 1.96. The molecule has 1 aliphatic carbocycles. The van der Waals surface area contributed by atoms with Crippen molar-refractivity contribution in [2.24, 2.45) is 5.92 Å². The van der Waals surface area contributed by atoms with Crippen LogP contribution in [0.5, 0.6) is 0 Å². The summed E-state index contributed by atoms with van der Waals surface area (Å²) in [6.07, 6.45) is 8.11. The normalized spacial score (nSPS) is 17.0. The van der Waals surface area contributed by atoms with Crippen LogP contribution in [0.15, 0.2) is 23.1 Å². The van der Waals surface area contributed by atoms with Gasteiger partial charge in [-0.2, -0.15) is 0 Å². The van der Waals surface area contributed by atoms with E-state index >= 15 is 0 Å². The number of hydrogen-bond acceptors (Lipinski definition) is 2. The lowest BCUT2D eigenvalue weighted by atomic mass is 9.95. The largest absolute Gasteiger partial charge is 0.312 e. The van der Waals surface area contributed by atoms with Gasteiger partial charge in [-0.05, 0) is 31.4 Å². The Kier molecular flexibility index (Phi) is 5.20. The molecule has 1 saturated carbocycles. The van der Waals surface area contributed by atoms with E-state index < -0.39 is 0 Å². The molecule has 0 spiro atoms. The summed E-state index contributed by atoms with van der Waals surface area (Å²) in [5.41, 5.74) is 1.10. The van der Waals surface area contributed by atoms with Crippen LogP contribution < -0.4 is 10.9 Å². The van der Waals surface area contributed by atoms with Crippen LogP contribution >= 0.6 is 0 Å². The lowest BCUT2D eigenvalue weighted by Crippen LogP contribution is -2.31. The fraction of sp³-hybridized carbons (Fsp3) is 0.688. The summed E-state index contributed by atoms with van der Waals surface area (Å²) in [6, 6.07) is 4.39. The van der Waals surface area contributed by atoms with E-state index in [9.17, 15) is 4.79 Å². The highest BCUT2D eigenvalue weighted by Crippen LogP contribution is 2.26. The summed E-state index contributed by atoms with van der Waals surface area (Å²) >= 11 is 0. The van der Waals surface area contributed by atoms with Gasteiger partial charge in [0.25, 0.3) is 5.56 Å². The minimum Gasteiger partial charge on any atom is -0.312 e. The highest BCUT2D eigenvalue weighted by molar-refractivity contribution is 5.11. The predicted molar refractivity (Wildman–Crippen MR) is 79.4 cm³/mol. The monoisotopic (exact) mass is 262 g/mol. The second kappa shape index (κ2) is 6.90. The Hall–Kier alpha value is -1.09. The molecule has 3 nitrogen and oxygen atoms in total. The molecular formula is C16H26N2O. The van der Waals surface area contributed by atoms with Crippen LogP contribution in [0.25, 0.3) is 0 Å². The molecule has 0 aromatic carbocycles. The van der Waals surface area contributed by atoms with E-state index in [-0.39, 0.29) is 5.56 Å². The molecule has 1 aromatic heterocycles. The molecule has 0 radical (unpaired) electrons. The van der Waals surface area contributed by atoms with Crippen LogP contribution in [0.1, 0.15) is 57.6 Å². The fourth-order valence-corrected chi connectivity index (χ4v) is 2.83. The lowest BCUT2D eigenvalue weighted by molar-refractivity contribution is 0.345. The lowest BCUT2D eigenvalue weighted by Gasteiger charge is -2.24. The molecule has 1 aliphatic rings. The summed E-state index contributed by atoms with van der Waals surface area (Å²) in [4.78, 5) is 12.5. The third-order valence-corrected chi connectivity index (χ3v) is 3.89. The van der Waals surface area contributed by atoms with Gasteiger partial charge in [0.15, 0.2) is 0 Å². The van der Waals surface area contributed by atoms with Crippen LogP contribution in [0.3, 0.4) is 0 Å². The molecule has 3 heteroatoms. The van der Waals surface area contributed by atoms with Gasteiger partial charge >= 0.3 is 0 Å². The Bertz CT molecular complexity index is 444. The van der Waals surface area contributed by atoms with E-state index in [0.29, 0.717) is 18.5 Å². The van der Waals surface area contributed by atoms with E-state index in [4.69, 9.17) is 0 Å². The van der Waals surface area contributed by atoms with Crippen LogP contribution in [0.2, 0.25) is 0 Å². The van der Waals surface area contributed by atoms with Crippen molar-refractivity contribution in [3.8, 4) is 0 Å². The maximum absolute atomic E-state index is 12.5. The maximum Gasteiger partial charge on any atom is 0.255 e. The molecular weight excluding hydrogens is 236 g/mol. The molecule has 106 valence electrons. The zero-order valence-corrected chi connectivity index (χ0v) is 12.2. The van der Waals surface area contributed by atoms with E-state index in [1.54, 1.807) is 0 Å². The van der Waals surface area contributed by atoms with Crippen LogP contribution in [0, 0.1) is 5.92 Å². The second-order valence-corrected chi connectivity index (χ2v) is 6.06. The molecule has 1 heterocycles. The molecule has 0 aliphatic heterocycles. The Labute approximate surface area is 116 Å². The molecule has 1 fully saturated rings. The van der Waals surface area contributed by atoms with Crippen molar-refractivity contribution in [3.63, 3.8) is 0 Å². The number of hydrogen-bond donors (Lipinski definition) is 1. The zero-order chi connectivity index (χ0) is 13.7. The minimum absolute atomic E-state index is 0.200. The second-order valence-electron chi connectivity index (χ2n) is 6.06. The minimum atomic E-state index is 0.200. The van der Waals surface area contributed by atoms with Crippen molar-refractivity contribution in [1.29, 1.82) is 0 Å². The topological polar surface area (TPSA) is 34.0 Å². The maximum atomic E-state index is 12.5. The van der Waals surface area contributed by atoms with Crippen molar-refractivity contribution in [2.45, 2.75) is 58.5 Å². The standard InChI is InChI=1S/C16H26N2O/c1-13(2)11-17-12-14-7-6-10-18(16(14)19)15-8-4-3-5-9-15/h6-7,10,13,15,17H,3-5,8-9,11-12H2,1-2H3. The van der Waals surface area contributed by atoms with Gasteiger partial charge in [0, 0.05) is 24.3 Å². The molecule has 19 heavy (non-hydrogen) atoms. The van der Waals surface area contributed by atoms with Crippen LogP contribution in [0.4, 0.5) is 0 Å². The first-order chi connectivity index (χ1) is 9.18. The number of pyridine rings is 1. The van der Waals surface area contributed by atoms with Crippen molar-refractivity contribution < 1.29 is 0 Å². The molecule has 0 unspecified atom stereocenters. The summed E-state index contributed by atoms with van der Waals surface area (Å²) in [5.74, 6) is 0.615. The van der Waals surface area contributed by atoms with E-state index in [0.717, 1.165) is 24.9 Å². The summed E-state index contributed by atoms with van der Waals surface area (Å²) in [7, 11) is 0. The molecule has 2 rings (SSSR count). The molecule has 0 bridgehead atoms. The van der Waals surface area contributed by atoms with E-state index in [2.05, 4.69) is 19.2 Å². The number of nitrogens with one attached hydrogen (secondary N) is 1. The zero-order valence-electron chi connectivity index (χ0n) is 12.2. The smallest absolute Gasteiger partial charge is 0.255 e. The highest BCUT2D eigenvalue weighted by atomic mass is 16.1. The number of aromatic nitrogens is 1. The quantitative estimate of drug-likeness (QED) is 0.884. The number of nitrogens with zero attached hydrogens (tertiary/aromatic N) is 1. The Morgan fingerprint density at radius 2 is 2.05 bits per heavy atom. The third kappa shape index (κ3) is 3.93. The molecule has 1 aromatic rings. The van der Waals surface area contributed by atoms with Gasteiger partial charge in [0.05, 0.1) is 0 Å². The Morgan fingerprint density at radius 1 is 1.32 bits per heavy atom. The van der Waals surface area contributed by atoms with Gasteiger partial charge in [0.1, 0.15) is 0 Å². The Morgan fingerprint density at radius 3 is 2.74 bits per heavy atom. The first kappa shape index (κ1) is 14.3. The van der Waals surface area contributed by atoms with Crippen molar-refractivity contribution in [2.75, 3.05) is 6.54 Å². The molecule has 0 amide bonds. The number of rotatable bonds is 5. The molecule has 0 atom stereocenters. The van der Waals surface area contributed by atoms with Crippen LogP contribution in [-0.2, 0) is 6.54 Å². The van der Waals surface area contributed by atoms with Gasteiger partial charge in [-0.1, -0.05) is 39.2 Å². The first-order valence-corrected chi connectivity index (χ1v) is 7.59. The average molecular weight is 262 g/mol. The average Bonchev–Trinajstić information content (AvgIpc) is 2.41. The SMILES string of the molecule is CC(C)CNCc1cccn(C2CCCCC2)c1=O. The highest BCUT2D eigenvalue weighted by Gasteiger charge is 2.16. The third-order valence-electron chi connectivity index (χ3n) is 3.89. The summed E-state index contributed by atoms with van der Waals surface area (Å²) in [6.45, 7) is 6.00. The van der Waals surface area contributed by atoms with Gasteiger partial charge in [-0.3, -0.25) is 4.79 Å². The van der Waals surface area contributed by atoms with Gasteiger partial charge in [-0.25, -0.2) is 0 Å². The Balaban J connectivity index is 2.06. The van der Waals surface area contributed by atoms with Crippen molar-refractivity contribution in [1.82, 2.24) is 9.88 Å². The fourth-order valence-electron chi connectivity index (χ4n) is 2.83. The van der Waals surface area contributed by atoms with Crippen molar-refractivity contribution >= 4 is 0 Å².